The molecule has 0 saturated carbocycles. The summed E-state index contributed by atoms with van der Waals surface area (Å²) in [6.45, 7) is 4.52. The second kappa shape index (κ2) is 6.23. The number of thioether (sulfide) groups is 1. The highest BCUT2D eigenvalue weighted by Gasteiger charge is 2.20. The summed E-state index contributed by atoms with van der Waals surface area (Å²) in [6, 6.07) is 4.17. The zero-order valence-corrected chi connectivity index (χ0v) is 10.9. The van der Waals surface area contributed by atoms with Crippen molar-refractivity contribution in [3.63, 3.8) is 0 Å². The number of rotatable bonds is 6. The van der Waals surface area contributed by atoms with Crippen LogP contribution < -0.4 is 5.32 Å². The first-order valence-corrected chi connectivity index (χ1v) is 6.79. The number of aliphatic hydroxyl groups is 1. The molecular weight excluding hydrogens is 220 g/mol. The van der Waals surface area contributed by atoms with Gasteiger partial charge in [-0.25, -0.2) is 0 Å². The van der Waals surface area contributed by atoms with E-state index in [0.717, 1.165) is 11.3 Å². The second-order valence-electron chi connectivity index (χ2n) is 4.32. The van der Waals surface area contributed by atoms with Crippen molar-refractivity contribution < 1.29 is 5.11 Å². The third-order valence-corrected chi connectivity index (χ3v) is 3.34. The Labute approximate surface area is 102 Å². The largest absolute Gasteiger partial charge is 0.388 e. The van der Waals surface area contributed by atoms with Gasteiger partial charge in [-0.1, -0.05) is 6.07 Å². The van der Waals surface area contributed by atoms with Gasteiger partial charge in [-0.2, -0.15) is 11.8 Å². The molecule has 2 unspecified atom stereocenters. The minimum atomic E-state index is -0.657. The Bertz CT molecular complexity index is 303. The van der Waals surface area contributed by atoms with E-state index in [0.29, 0.717) is 6.54 Å². The van der Waals surface area contributed by atoms with Crippen molar-refractivity contribution >= 4 is 11.8 Å². The highest BCUT2D eigenvalue weighted by Crippen LogP contribution is 2.13. The van der Waals surface area contributed by atoms with Crippen LogP contribution in [0.3, 0.4) is 0 Å². The molecule has 0 amide bonds. The summed E-state index contributed by atoms with van der Waals surface area (Å²) in [5, 5.41) is 13.3. The average Bonchev–Trinajstić information content (AvgIpc) is 2.27. The standard InChI is InChI=1S/C12H20N2OS/c1-10(11-5-4-6-13-7-11)14-8-12(2,15)9-16-3/h4-7,10,14-15H,8-9H2,1-3H3. The summed E-state index contributed by atoms with van der Waals surface area (Å²) in [4.78, 5) is 4.08. The minimum absolute atomic E-state index is 0.210. The van der Waals surface area contributed by atoms with Gasteiger partial charge in [0.15, 0.2) is 0 Å². The Kier molecular flexibility index (Phi) is 5.25. The van der Waals surface area contributed by atoms with Crippen LogP contribution in [-0.2, 0) is 0 Å². The molecule has 2 N–H and O–H groups in total. The molecule has 0 aliphatic carbocycles. The fraction of sp³-hybridized carbons (Fsp3) is 0.583. The molecule has 1 heterocycles. The molecule has 0 fully saturated rings. The van der Waals surface area contributed by atoms with E-state index < -0.39 is 5.60 Å². The lowest BCUT2D eigenvalue weighted by Crippen LogP contribution is -2.40. The van der Waals surface area contributed by atoms with E-state index in [-0.39, 0.29) is 6.04 Å². The van der Waals surface area contributed by atoms with Crippen LogP contribution in [0, 0.1) is 0 Å². The number of pyridine rings is 1. The minimum Gasteiger partial charge on any atom is -0.388 e. The molecule has 1 rings (SSSR count). The van der Waals surface area contributed by atoms with Gasteiger partial charge in [0.25, 0.3) is 0 Å². The molecule has 0 aromatic carbocycles. The molecule has 3 nitrogen and oxygen atoms in total. The van der Waals surface area contributed by atoms with Gasteiger partial charge in [0.1, 0.15) is 0 Å². The first kappa shape index (κ1) is 13.5. The second-order valence-corrected chi connectivity index (χ2v) is 5.18. The molecule has 0 spiro atoms. The predicted molar refractivity (Wildman–Crippen MR) is 69.7 cm³/mol. The van der Waals surface area contributed by atoms with E-state index in [1.165, 1.54) is 0 Å². The van der Waals surface area contributed by atoms with Crippen LogP contribution in [0.15, 0.2) is 24.5 Å². The van der Waals surface area contributed by atoms with Crippen molar-refractivity contribution in [1.82, 2.24) is 10.3 Å². The number of nitrogens with one attached hydrogen (secondary N) is 1. The van der Waals surface area contributed by atoms with Crippen LogP contribution in [0.25, 0.3) is 0 Å². The molecular formula is C12H20N2OS. The maximum atomic E-state index is 10.0. The molecule has 16 heavy (non-hydrogen) atoms. The summed E-state index contributed by atoms with van der Waals surface area (Å²) in [6.07, 6.45) is 5.61. The summed E-state index contributed by atoms with van der Waals surface area (Å²) >= 11 is 1.65. The molecule has 2 atom stereocenters. The van der Waals surface area contributed by atoms with Crippen molar-refractivity contribution in [2.24, 2.45) is 0 Å². The topological polar surface area (TPSA) is 45.1 Å². The normalized spacial score (nSPS) is 16.8. The van der Waals surface area contributed by atoms with Gasteiger partial charge in [-0.15, -0.1) is 0 Å². The van der Waals surface area contributed by atoms with Crippen LogP contribution in [0.2, 0.25) is 0 Å². The fourth-order valence-electron chi connectivity index (χ4n) is 1.48. The van der Waals surface area contributed by atoms with Gasteiger partial charge >= 0.3 is 0 Å². The highest BCUT2D eigenvalue weighted by molar-refractivity contribution is 7.98. The van der Waals surface area contributed by atoms with Crippen LogP contribution >= 0.6 is 11.8 Å². The molecule has 0 aliphatic rings. The van der Waals surface area contributed by atoms with Gasteiger partial charge in [0.2, 0.25) is 0 Å². The molecule has 1 aromatic heterocycles. The molecule has 90 valence electrons. The van der Waals surface area contributed by atoms with Crippen molar-refractivity contribution in [3.05, 3.63) is 30.1 Å². The van der Waals surface area contributed by atoms with Gasteiger partial charge in [0, 0.05) is 30.7 Å². The smallest absolute Gasteiger partial charge is 0.0833 e. The van der Waals surface area contributed by atoms with E-state index in [2.05, 4.69) is 17.2 Å². The summed E-state index contributed by atoms with van der Waals surface area (Å²) < 4.78 is 0. The van der Waals surface area contributed by atoms with E-state index >= 15 is 0 Å². The Morgan fingerprint density at radius 2 is 2.38 bits per heavy atom. The zero-order valence-electron chi connectivity index (χ0n) is 10.1. The number of hydrogen-bond donors (Lipinski definition) is 2. The van der Waals surface area contributed by atoms with Gasteiger partial charge in [0.05, 0.1) is 5.60 Å². The Balaban J connectivity index is 2.44. The molecule has 0 radical (unpaired) electrons. The van der Waals surface area contributed by atoms with Gasteiger partial charge in [-0.3, -0.25) is 4.98 Å². The molecule has 0 saturated heterocycles. The summed E-state index contributed by atoms with van der Waals surface area (Å²) in [7, 11) is 0. The first-order valence-electron chi connectivity index (χ1n) is 5.40. The maximum Gasteiger partial charge on any atom is 0.0833 e. The van der Waals surface area contributed by atoms with E-state index in [9.17, 15) is 5.11 Å². The van der Waals surface area contributed by atoms with Crippen molar-refractivity contribution in [1.29, 1.82) is 0 Å². The monoisotopic (exact) mass is 240 g/mol. The molecule has 0 bridgehead atoms. The van der Waals surface area contributed by atoms with Gasteiger partial charge < -0.3 is 10.4 Å². The van der Waals surface area contributed by atoms with Crippen molar-refractivity contribution in [2.75, 3.05) is 18.6 Å². The van der Waals surface area contributed by atoms with E-state index in [1.807, 2.05) is 31.5 Å². The van der Waals surface area contributed by atoms with Crippen molar-refractivity contribution in [3.8, 4) is 0 Å². The Morgan fingerprint density at radius 3 is 2.94 bits per heavy atom. The molecule has 0 aliphatic heterocycles. The number of nitrogens with zero attached hydrogens (tertiary/aromatic N) is 1. The van der Waals surface area contributed by atoms with Crippen molar-refractivity contribution in [2.45, 2.75) is 25.5 Å². The first-order chi connectivity index (χ1) is 7.55. The SMILES string of the molecule is CSCC(C)(O)CNC(C)c1cccnc1. The number of hydrogen-bond acceptors (Lipinski definition) is 4. The summed E-state index contributed by atoms with van der Waals surface area (Å²) in [5.41, 5.74) is 0.484. The van der Waals surface area contributed by atoms with Crippen LogP contribution in [0.1, 0.15) is 25.5 Å². The molecule has 4 heteroatoms. The lowest BCUT2D eigenvalue weighted by molar-refractivity contribution is 0.0820. The van der Waals surface area contributed by atoms with Crippen LogP contribution in [-0.4, -0.2) is 34.2 Å². The fourth-order valence-corrected chi connectivity index (χ4v) is 2.21. The molecule has 1 aromatic rings. The quantitative estimate of drug-likeness (QED) is 0.796. The van der Waals surface area contributed by atoms with Crippen LogP contribution in [0.4, 0.5) is 0 Å². The lowest BCUT2D eigenvalue weighted by Gasteiger charge is -2.25. The lowest BCUT2D eigenvalue weighted by atomic mass is 10.1. The van der Waals surface area contributed by atoms with E-state index in [4.69, 9.17) is 0 Å². The Hall–Kier alpha value is -0.580. The predicted octanol–water partition coefficient (Wildman–Crippen LogP) is 1.85. The Morgan fingerprint density at radius 1 is 1.62 bits per heavy atom. The van der Waals surface area contributed by atoms with Gasteiger partial charge in [-0.05, 0) is 31.7 Å². The highest BCUT2D eigenvalue weighted by atomic mass is 32.2. The number of aromatic nitrogens is 1. The third kappa shape index (κ3) is 4.51. The third-order valence-electron chi connectivity index (χ3n) is 2.43. The van der Waals surface area contributed by atoms with Crippen LogP contribution in [0.5, 0.6) is 0 Å². The maximum absolute atomic E-state index is 10.0. The average molecular weight is 240 g/mol. The zero-order chi connectivity index (χ0) is 12.0. The summed E-state index contributed by atoms with van der Waals surface area (Å²) in [5.74, 6) is 0.736. The van der Waals surface area contributed by atoms with E-state index in [1.54, 1.807) is 18.0 Å².